The van der Waals surface area contributed by atoms with Gasteiger partial charge in [-0.15, -0.1) is 0 Å². The summed E-state index contributed by atoms with van der Waals surface area (Å²) < 4.78 is 11.9. The van der Waals surface area contributed by atoms with Crippen molar-refractivity contribution < 1.29 is 14.3 Å². The van der Waals surface area contributed by atoms with Gasteiger partial charge in [0.2, 0.25) is 0 Å². The maximum Gasteiger partial charge on any atom is 0.153 e. The van der Waals surface area contributed by atoms with Gasteiger partial charge in [-0.2, -0.15) is 0 Å². The number of ether oxygens (including phenoxy) is 2. The number of hydrogen-bond acceptors (Lipinski definition) is 3. The summed E-state index contributed by atoms with van der Waals surface area (Å²) in [5, 5.41) is 0. The van der Waals surface area contributed by atoms with Crippen molar-refractivity contribution in [1.82, 2.24) is 0 Å². The molecule has 2 rings (SSSR count). The van der Waals surface area contributed by atoms with Gasteiger partial charge in [-0.3, -0.25) is 4.79 Å². The van der Waals surface area contributed by atoms with Crippen molar-refractivity contribution in [3.05, 3.63) is 28.2 Å². The molecule has 0 unspecified atom stereocenters. The summed E-state index contributed by atoms with van der Waals surface area (Å²) in [6.45, 7) is 1.46. The lowest BCUT2D eigenvalue weighted by atomic mass is 10.1. The number of benzene rings is 1. The van der Waals surface area contributed by atoms with Crippen LogP contribution in [0.4, 0.5) is 0 Å². The molecule has 1 aromatic rings. The van der Waals surface area contributed by atoms with Gasteiger partial charge in [-0.1, -0.05) is 6.07 Å². The molecule has 0 amide bonds. The fraction of sp³-hybridized carbons (Fsp3) is 0.417. The minimum Gasteiger partial charge on any atom is -0.488 e. The van der Waals surface area contributed by atoms with Crippen molar-refractivity contribution in [2.75, 3.05) is 13.2 Å². The normalized spacial score (nSPS) is 17.1. The highest BCUT2D eigenvalue weighted by Gasteiger charge is 2.18. The van der Waals surface area contributed by atoms with Crippen LogP contribution in [0.5, 0.6) is 5.75 Å². The zero-order valence-electron chi connectivity index (χ0n) is 8.82. The van der Waals surface area contributed by atoms with E-state index in [4.69, 9.17) is 9.47 Å². The molecular formula is C12H13BrO3. The fourth-order valence-electron chi connectivity index (χ4n) is 1.70. The molecule has 86 valence electrons. The molecule has 1 fully saturated rings. The van der Waals surface area contributed by atoms with Crippen LogP contribution in [-0.4, -0.2) is 25.6 Å². The average Bonchev–Trinajstić information content (AvgIpc) is 2.33. The lowest BCUT2D eigenvalue weighted by Crippen LogP contribution is -2.26. The Morgan fingerprint density at radius 3 is 2.81 bits per heavy atom. The molecule has 1 saturated heterocycles. The highest BCUT2D eigenvalue weighted by atomic mass is 79.9. The predicted molar refractivity (Wildman–Crippen MR) is 64.0 cm³/mol. The third-order valence-electron chi connectivity index (χ3n) is 2.58. The fourth-order valence-corrected chi connectivity index (χ4v) is 2.18. The smallest absolute Gasteiger partial charge is 0.153 e. The second-order valence-corrected chi connectivity index (χ2v) is 4.56. The standard InChI is InChI=1S/C12H13BrO3/c13-11-3-1-2-9(8-14)12(11)16-10-4-6-15-7-5-10/h1-3,8,10H,4-7H2. The lowest BCUT2D eigenvalue weighted by molar-refractivity contribution is 0.0250. The van der Waals surface area contributed by atoms with Gasteiger partial charge < -0.3 is 9.47 Å². The van der Waals surface area contributed by atoms with E-state index in [1.54, 1.807) is 6.07 Å². The topological polar surface area (TPSA) is 35.5 Å². The minimum absolute atomic E-state index is 0.145. The van der Waals surface area contributed by atoms with E-state index in [1.165, 1.54) is 0 Å². The Hall–Kier alpha value is -0.870. The molecule has 0 N–H and O–H groups in total. The first-order valence-corrected chi connectivity index (χ1v) is 6.08. The summed E-state index contributed by atoms with van der Waals surface area (Å²) in [4.78, 5) is 10.9. The Balaban J connectivity index is 2.15. The molecule has 4 heteroatoms. The van der Waals surface area contributed by atoms with Crippen molar-refractivity contribution in [3.63, 3.8) is 0 Å². The number of halogens is 1. The first-order valence-electron chi connectivity index (χ1n) is 5.29. The Morgan fingerprint density at radius 1 is 1.38 bits per heavy atom. The van der Waals surface area contributed by atoms with Crippen LogP contribution in [0, 0.1) is 0 Å². The van der Waals surface area contributed by atoms with Gasteiger partial charge in [0.1, 0.15) is 11.9 Å². The molecule has 0 aliphatic carbocycles. The van der Waals surface area contributed by atoms with E-state index in [0.29, 0.717) is 11.3 Å². The van der Waals surface area contributed by atoms with Gasteiger partial charge >= 0.3 is 0 Å². The van der Waals surface area contributed by atoms with Gasteiger partial charge in [0.15, 0.2) is 6.29 Å². The van der Waals surface area contributed by atoms with Crippen LogP contribution in [0.3, 0.4) is 0 Å². The molecule has 1 aliphatic heterocycles. The maximum absolute atomic E-state index is 10.9. The molecule has 0 spiro atoms. The Labute approximate surface area is 103 Å². The number of aldehydes is 1. The second kappa shape index (κ2) is 5.46. The molecule has 0 bridgehead atoms. The summed E-state index contributed by atoms with van der Waals surface area (Å²) >= 11 is 3.40. The first kappa shape index (κ1) is 11.6. The third-order valence-corrected chi connectivity index (χ3v) is 3.20. The van der Waals surface area contributed by atoms with E-state index in [9.17, 15) is 4.79 Å². The zero-order chi connectivity index (χ0) is 11.4. The van der Waals surface area contributed by atoms with Gasteiger partial charge in [0.25, 0.3) is 0 Å². The van der Waals surface area contributed by atoms with Crippen LogP contribution < -0.4 is 4.74 Å². The van der Waals surface area contributed by atoms with Crippen LogP contribution in [0.25, 0.3) is 0 Å². The van der Waals surface area contributed by atoms with Crippen molar-refractivity contribution in [1.29, 1.82) is 0 Å². The summed E-state index contributed by atoms with van der Waals surface area (Å²) in [5.74, 6) is 0.643. The van der Waals surface area contributed by atoms with E-state index in [2.05, 4.69) is 15.9 Å². The first-order chi connectivity index (χ1) is 7.81. The Morgan fingerprint density at radius 2 is 2.12 bits per heavy atom. The van der Waals surface area contributed by atoms with Gasteiger partial charge in [-0.25, -0.2) is 0 Å². The predicted octanol–water partition coefficient (Wildman–Crippen LogP) is 2.82. The van der Waals surface area contributed by atoms with Crippen LogP contribution in [0.15, 0.2) is 22.7 Å². The van der Waals surface area contributed by atoms with E-state index < -0.39 is 0 Å². The van der Waals surface area contributed by atoms with Gasteiger partial charge in [0, 0.05) is 12.8 Å². The second-order valence-electron chi connectivity index (χ2n) is 3.71. The van der Waals surface area contributed by atoms with Crippen molar-refractivity contribution in [2.24, 2.45) is 0 Å². The molecule has 0 saturated carbocycles. The number of para-hydroxylation sites is 1. The van der Waals surface area contributed by atoms with E-state index in [1.807, 2.05) is 12.1 Å². The molecular weight excluding hydrogens is 272 g/mol. The molecule has 3 nitrogen and oxygen atoms in total. The molecule has 16 heavy (non-hydrogen) atoms. The summed E-state index contributed by atoms with van der Waals surface area (Å²) in [7, 11) is 0. The van der Waals surface area contributed by atoms with Crippen LogP contribution in [0.1, 0.15) is 23.2 Å². The molecule has 1 aliphatic rings. The summed E-state index contributed by atoms with van der Waals surface area (Å²) in [6.07, 6.45) is 2.71. The maximum atomic E-state index is 10.9. The minimum atomic E-state index is 0.145. The lowest BCUT2D eigenvalue weighted by Gasteiger charge is -2.24. The SMILES string of the molecule is O=Cc1cccc(Br)c1OC1CCOCC1. The van der Waals surface area contributed by atoms with Crippen LogP contribution >= 0.6 is 15.9 Å². The average molecular weight is 285 g/mol. The van der Waals surface area contributed by atoms with Crippen molar-refractivity contribution in [3.8, 4) is 5.75 Å². The zero-order valence-corrected chi connectivity index (χ0v) is 10.4. The van der Waals surface area contributed by atoms with E-state index in [-0.39, 0.29) is 6.10 Å². The number of carbonyl (C=O) groups excluding carboxylic acids is 1. The van der Waals surface area contributed by atoms with Gasteiger partial charge in [-0.05, 0) is 28.1 Å². The van der Waals surface area contributed by atoms with Crippen molar-refractivity contribution in [2.45, 2.75) is 18.9 Å². The van der Waals surface area contributed by atoms with E-state index >= 15 is 0 Å². The molecule has 1 aromatic carbocycles. The van der Waals surface area contributed by atoms with Gasteiger partial charge in [0.05, 0.1) is 23.2 Å². The van der Waals surface area contributed by atoms with Crippen LogP contribution in [0.2, 0.25) is 0 Å². The Bertz CT molecular complexity index is 373. The number of rotatable bonds is 3. The third kappa shape index (κ3) is 2.62. The highest BCUT2D eigenvalue weighted by Crippen LogP contribution is 2.30. The molecule has 0 radical (unpaired) electrons. The number of carbonyl (C=O) groups is 1. The van der Waals surface area contributed by atoms with Crippen LogP contribution in [-0.2, 0) is 4.74 Å². The summed E-state index contributed by atoms with van der Waals surface area (Å²) in [6, 6.07) is 5.46. The Kier molecular flexibility index (Phi) is 3.96. The summed E-state index contributed by atoms with van der Waals surface area (Å²) in [5.41, 5.74) is 0.584. The number of hydrogen-bond donors (Lipinski definition) is 0. The monoisotopic (exact) mass is 284 g/mol. The quantitative estimate of drug-likeness (QED) is 0.801. The van der Waals surface area contributed by atoms with Crippen molar-refractivity contribution >= 4 is 22.2 Å². The molecule has 0 atom stereocenters. The molecule has 0 aromatic heterocycles. The molecule has 1 heterocycles. The van der Waals surface area contributed by atoms with E-state index in [0.717, 1.165) is 36.8 Å². The highest BCUT2D eigenvalue weighted by molar-refractivity contribution is 9.10. The largest absolute Gasteiger partial charge is 0.488 e.